The quantitative estimate of drug-likeness (QED) is 0.811. The lowest BCUT2D eigenvalue weighted by Gasteiger charge is -2.01. The van der Waals surface area contributed by atoms with Crippen LogP contribution in [-0.4, -0.2) is 21.1 Å². The van der Waals surface area contributed by atoms with Gasteiger partial charge in [-0.25, -0.2) is 4.98 Å². The van der Waals surface area contributed by atoms with Gasteiger partial charge in [0.25, 0.3) is 0 Å². The lowest BCUT2D eigenvalue weighted by Crippen LogP contribution is -1.99. The van der Waals surface area contributed by atoms with E-state index < -0.39 is 0 Å². The van der Waals surface area contributed by atoms with Crippen LogP contribution in [0.25, 0.3) is 5.52 Å². The molecule has 0 spiro atoms. The molecule has 0 saturated heterocycles. The van der Waals surface area contributed by atoms with Gasteiger partial charge in [0.1, 0.15) is 5.82 Å². The molecule has 0 amide bonds. The van der Waals surface area contributed by atoms with Gasteiger partial charge in [-0.3, -0.25) is 4.40 Å². The Labute approximate surface area is 84.2 Å². The normalized spacial score (nSPS) is 10.9. The van der Waals surface area contributed by atoms with Crippen LogP contribution in [-0.2, 0) is 6.42 Å². The van der Waals surface area contributed by atoms with Gasteiger partial charge in [0.2, 0.25) is 0 Å². The number of imidazole rings is 1. The minimum Gasteiger partial charge on any atom is -0.396 e. The first kappa shape index (κ1) is 8.72. The van der Waals surface area contributed by atoms with E-state index in [1.807, 2.05) is 22.6 Å². The van der Waals surface area contributed by atoms with E-state index in [4.69, 9.17) is 5.11 Å². The zero-order valence-electron chi connectivity index (χ0n) is 6.94. The molecule has 0 aliphatic heterocycles. The summed E-state index contributed by atoms with van der Waals surface area (Å²) in [4.78, 5) is 4.22. The van der Waals surface area contributed by atoms with Gasteiger partial charge < -0.3 is 5.11 Å². The van der Waals surface area contributed by atoms with Crippen LogP contribution in [0.4, 0.5) is 0 Å². The highest BCUT2D eigenvalue weighted by Gasteiger charge is 2.04. The second kappa shape index (κ2) is 3.47. The molecule has 0 unspecified atom stereocenters. The third kappa shape index (κ3) is 1.47. The summed E-state index contributed by atoms with van der Waals surface area (Å²) in [6, 6.07) is 5.90. The molecule has 68 valence electrons. The van der Waals surface area contributed by atoms with Gasteiger partial charge in [0.05, 0.1) is 22.9 Å². The van der Waals surface area contributed by atoms with Crippen LogP contribution in [0.15, 0.2) is 29.0 Å². The molecule has 2 aromatic heterocycles. The number of pyridine rings is 1. The maximum Gasteiger partial charge on any atom is 0.116 e. The van der Waals surface area contributed by atoms with Crippen molar-refractivity contribution in [2.75, 3.05) is 6.61 Å². The van der Waals surface area contributed by atoms with Crippen molar-refractivity contribution >= 4 is 21.4 Å². The van der Waals surface area contributed by atoms with Crippen molar-refractivity contribution in [3.63, 3.8) is 0 Å². The number of halogens is 1. The molecule has 0 saturated carbocycles. The number of rotatable bonds is 2. The number of aromatic nitrogens is 2. The van der Waals surface area contributed by atoms with E-state index in [2.05, 4.69) is 20.9 Å². The molecule has 0 fully saturated rings. The number of nitrogens with zero attached hydrogens (tertiary/aromatic N) is 2. The first-order chi connectivity index (χ1) is 6.33. The van der Waals surface area contributed by atoms with Gasteiger partial charge in [0, 0.05) is 6.42 Å². The lowest BCUT2D eigenvalue weighted by atomic mass is 10.4. The number of aliphatic hydroxyl groups is 1. The Bertz CT molecular complexity index is 424. The average molecular weight is 241 g/mol. The molecule has 4 heteroatoms. The van der Waals surface area contributed by atoms with E-state index in [1.54, 1.807) is 6.20 Å². The standard InChI is InChI=1S/C9H9BrN2O/c10-8-3-1-2-7-6-11-9(4-5-13)12(7)8/h1-3,6,13H,4-5H2. The van der Waals surface area contributed by atoms with E-state index in [1.165, 1.54) is 0 Å². The van der Waals surface area contributed by atoms with Crippen molar-refractivity contribution in [3.05, 3.63) is 34.8 Å². The van der Waals surface area contributed by atoms with E-state index >= 15 is 0 Å². The fourth-order valence-electron chi connectivity index (χ4n) is 1.35. The summed E-state index contributed by atoms with van der Waals surface area (Å²) >= 11 is 3.44. The van der Waals surface area contributed by atoms with E-state index in [9.17, 15) is 0 Å². The SMILES string of the molecule is OCCc1ncc2cccc(Br)n12. The Hall–Kier alpha value is -0.870. The maximum atomic E-state index is 8.82. The summed E-state index contributed by atoms with van der Waals surface area (Å²) in [6.45, 7) is 0.125. The second-order valence-electron chi connectivity index (χ2n) is 2.76. The summed E-state index contributed by atoms with van der Waals surface area (Å²) < 4.78 is 2.95. The molecule has 2 rings (SSSR count). The Kier molecular flexibility index (Phi) is 2.33. The summed E-state index contributed by atoms with van der Waals surface area (Å²) in [5, 5.41) is 8.82. The van der Waals surface area contributed by atoms with Crippen LogP contribution in [0.3, 0.4) is 0 Å². The summed E-state index contributed by atoms with van der Waals surface area (Å²) in [6.07, 6.45) is 2.38. The Morgan fingerprint density at radius 2 is 2.31 bits per heavy atom. The third-order valence-corrected chi connectivity index (χ3v) is 2.53. The second-order valence-corrected chi connectivity index (χ2v) is 3.57. The Balaban J connectivity index is 2.64. The summed E-state index contributed by atoms with van der Waals surface area (Å²) in [5.41, 5.74) is 1.04. The largest absolute Gasteiger partial charge is 0.396 e. The Morgan fingerprint density at radius 1 is 1.46 bits per heavy atom. The molecule has 0 bridgehead atoms. The molecular weight excluding hydrogens is 232 g/mol. The van der Waals surface area contributed by atoms with Crippen LogP contribution in [0, 0.1) is 0 Å². The van der Waals surface area contributed by atoms with Crippen molar-refractivity contribution in [2.24, 2.45) is 0 Å². The number of aliphatic hydroxyl groups excluding tert-OH is 1. The first-order valence-electron chi connectivity index (χ1n) is 4.04. The maximum absolute atomic E-state index is 8.82. The van der Waals surface area contributed by atoms with E-state index in [0.29, 0.717) is 6.42 Å². The van der Waals surface area contributed by atoms with Gasteiger partial charge in [0.15, 0.2) is 0 Å². The van der Waals surface area contributed by atoms with Gasteiger partial charge in [-0.1, -0.05) is 6.07 Å². The van der Waals surface area contributed by atoms with Gasteiger partial charge in [-0.05, 0) is 28.1 Å². The molecule has 3 nitrogen and oxygen atoms in total. The predicted octanol–water partition coefficient (Wildman–Crippen LogP) is 1.63. The van der Waals surface area contributed by atoms with E-state index in [0.717, 1.165) is 15.9 Å². The molecule has 13 heavy (non-hydrogen) atoms. The molecular formula is C9H9BrN2O. The zero-order chi connectivity index (χ0) is 9.26. The molecule has 0 aliphatic carbocycles. The fraction of sp³-hybridized carbons (Fsp3) is 0.222. The molecule has 2 aromatic rings. The van der Waals surface area contributed by atoms with Crippen molar-refractivity contribution in [3.8, 4) is 0 Å². The van der Waals surface area contributed by atoms with Crippen molar-refractivity contribution < 1.29 is 5.11 Å². The Morgan fingerprint density at radius 3 is 3.08 bits per heavy atom. The first-order valence-corrected chi connectivity index (χ1v) is 4.84. The van der Waals surface area contributed by atoms with Crippen LogP contribution < -0.4 is 0 Å². The lowest BCUT2D eigenvalue weighted by molar-refractivity contribution is 0.296. The average Bonchev–Trinajstić information content (AvgIpc) is 2.51. The highest BCUT2D eigenvalue weighted by Crippen LogP contribution is 2.15. The van der Waals surface area contributed by atoms with Crippen LogP contribution in [0.1, 0.15) is 5.82 Å². The molecule has 1 N–H and O–H groups in total. The number of fused-ring (bicyclic) bond motifs is 1. The minimum atomic E-state index is 0.125. The molecule has 0 aliphatic rings. The van der Waals surface area contributed by atoms with E-state index in [-0.39, 0.29) is 6.61 Å². The zero-order valence-corrected chi connectivity index (χ0v) is 8.53. The van der Waals surface area contributed by atoms with Crippen LogP contribution in [0.2, 0.25) is 0 Å². The van der Waals surface area contributed by atoms with Gasteiger partial charge in [-0.15, -0.1) is 0 Å². The monoisotopic (exact) mass is 240 g/mol. The van der Waals surface area contributed by atoms with Crippen LogP contribution in [0.5, 0.6) is 0 Å². The van der Waals surface area contributed by atoms with Crippen LogP contribution >= 0.6 is 15.9 Å². The summed E-state index contributed by atoms with van der Waals surface area (Å²) in [7, 11) is 0. The number of hydrogen-bond acceptors (Lipinski definition) is 2. The van der Waals surface area contributed by atoms with Gasteiger partial charge >= 0.3 is 0 Å². The van der Waals surface area contributed by atoms with Crippen molar-refractivity contribution in [2.45, 2.75) is 6.42 Å². The highest BCUT2D eigenvalue weighted by molar-refractivity contribution is 9.10. The fourth-order valence-corrected chi connectivity index (χ4v) is 1.91. The minimum absolute atomic E-state index is 0.125. The smallest absolute Gasteiger partial charge is 0.116 e. The predicted molar refractivity (Wildman–Crippen MR) is 53.7 cm³/mol. The highest BCUT2D eigenvalue weighted by atomic mass is 79.9. The van der Waals surface area contributed by atoms with Crippen molar-refractivity contribution in [1.29, 1.82) is 0 Å². The number of hydrogen-bond donors (Lipinski definition) is 1. The molecule has 2 heterocycles. The molecule has 0 radical (unpaired) electrons. The summed E-state index contributed by atoms with van der Waals surface area (Å²) in [5.74, 6) is 0.880. The molecule has 0 atom stereocenters. The van der Waals surface area contributed by atoms with Gasteiger partial charge in [-0.2, -0.15) is 0 Å². The topological polar surface area (TPSA) is 37.5 Å². The van der Waals surface area contributed by atoms with Crippen molar-refractivity contribution in [1.82, 2.24) is 9.38 Å². The molecule has 0 aromatic carbocycles. The third-order valence-electron chi connectivity index (χ3n) is 1.91.